The van der Waals surface area contributed by atoms with Gasteiger partial charge >= 0.3 is 6.09 Å². The summed E-state index contributed by atoms with van der Waals surface area (Å²) in [6.07, 6.45) is 2.14. The van der Waals surface area contributed by atoms with Crippen LogP contribution in [0.1, 0.15) is 26.3 Å². The Morgan fingerprint density at radius 2 is 1.94 bits per heavy atom. The van der Waals surface area contributed by atoms with Gasteiger partial charge in [-0.25, -0.2) is 9.78 Å². The highest BCUT2D eigenvalue weighted by Crippen LogP contribution is 2.31. The van der Waals surface area contributed by atoms with Gasteiger partial charge in [-0.1, -0.05) is 29.8 Å². The smallest absolute Gasteiger partial charge is 0.408 e. The topological polar surface area (TPSA) is 110 Å². The zero-order chi connectivity index (χ0) is 24.7. The van der Waals surface area contributed by atoms with Crippen LogP contribution < -0.4 is 15.4 Å². The Kier molecular flexibility index (Phi) is 8.82. The summed E-state index contributed by atoms with van der Waals surface area (Å²) in [6.45, 7) is 6.16. The van der Waals surface area contributed by atoms with E-state index < -0.39 is 17.7 Å². The van der Waals surface area contributed by atoms with Crippen LogP contribution in [-0.4, -0.2) is 59.6 Å². The van der Waals surface area contributed by atoms with Gasteiger partial charge in [0.05, 0.1) is 12.6 Å². The van der Waals surface area contributed by atoms with E-state index in [1.165, 1.54) is 12.7 Å². The first kappa shape index (κ1) is 25.9. The van der Waals surface area contributed by atoms with E-state index in [4.69, 9.17) is 37.4 Å². The zero-order valence-corrected chi connectivity index (χ0v) is 21.1. The lowest BCUT2D eigenvalue weighted by atomic mass is 10.1. The van der Waals surface area contributed by atoms with Crippen molar-refractivity contribution in [2.75, 3.05) is 32.2 Å². The molecule has 0 saturated heterocycles. The van der Waals surface area contributed by atoms with Crippen molar-refractivity contribution < 1.29 is 19.0 Å². The highest BCUT2D eigenvalue weighted by atomic mass is 35.5. The number of H-pyrrole nitrogens is 1. The van der Waals surface area contributed by atoms with Crippen molar-refractivity contribution in [3.8, 4) is 5.75 Å². The summed E-state index contributed by atoms with van der Waals surface area (Å²) >= 11 is 12.3. The van der Waals surface area contributed by atoms with Gasteiger partial charge < -0.3 is 29.8 Å². The van der Waals surface area contributed by atoms with Gasteiger partial charge in [-0.2, -0.15) is 4.98 Å². The summed E-state index contributed by atoms with van der Waals surface area (Å²) in [5, 5.41) is 7.17. The predicted octanol–water partition coefficient (Wildman–Crippen LogP) is 4.84. The Bertz CT molecular complexity index is 1120. The molecule has 1 amide bonds. The maximum absolute atomic E-state index is 12.2. The lowest BCUT2D eigenvalue weighted by molar-refractivity contribution is 0.0438. The van der Waals surface area contributed by atoms with Crippen LogP contribution in [0, 0.1) is 0 Å². The minimum absolute atomic E-state index is 0.00716. The van der Waals surface area contributed by atoms with Gasteiger partial charge in [0, 0.05) is 30.8 Å². The molecule has 0 fully saturated rings. The van der Waals surface area contributed by atoms with Crippen molar-refractivity contribution in [1.82, 2.24) is 20.3 Å². The monoisotopic (exact) mass is 509 g/mol. The molecular weight excluding hydrogens is 481 g/mol. The van der Waals surface area contributed by atoms with E-state index in [-0.39, 0.29) is 29.4 Å². The second kappa shape index (κ2) is 11.6. The molecule has 2 aromatic heterocycles. The van der Waals surface area contributed by atoms with Crippen LogP contribution in [0.25, 0.3) is 10.9 Å². The normalized spacial score (nSPS) is 12.4. The number of para-hydroxylation sites is 1. The molecule has 184 valence electrons. The van der Waals surface area contributed by atoms with Crippen LogP contribution >= 0.6 is 23.2 Å². The van der Waals surface area contributed by atoms with E-state index in [0.29, 0.717) is 12.4 Å². The molecule has 0 saturated carbocycles. The molecule has 0 aliphatic heterocycles. The Morgan fingerprint density at radius 3 is 2.68 bits per heavy atom. The molecular formula is C23H29Cl2N5O4. The molecule has 11 heteroatoms. The lowest BCUT2D eigenvalue weighted by Crippen LogP contribution is -2.44. The Labute approximate surface area is 208 Å². The number of hydrogen-bond donors (Lipinski definition) is 3. The molecule has 0 unspecified atom stereocenters. The number of aromatic amines is 1. The molecule has 34 heavy (non-hydrogen) atoms. The Balaban J connectivity index is 1.66. The Morgan fingerprint density at radius 1 is 1.18 bits per heavy atom. The van der Waals surface area contributed by atoms with Gasteiger partial charge in [0.1, 0.15) is 12.2 Å². The van der Waals surface area contributed by atoms with E-state index in [0.717, 1.165) is 17.3 Å². The first-order chi connectivity index (χ1) is 16.2. The molecule has 3 aromatic rings. The molecule has 0 aliphatic carbocycles. The van der Waals surface area contributed by atoms with Gasteiger partial charge in [0.15, 0.2) is 16.7 Å². The maximum atomic E-state index is 12.2. The van der Waals surface area contributed by atoms with Crippen LogP contribution in [0.4, 0.5) is 10.6 Å². The van der Waals surface area contributed by atoms with Crippen LogP contribution in [0.2, 0.25) is 10.4 Å². The average molecular weight is 510 g/mol. The first-order valence-electron chi connectivity index (χ1n) is 10.8. The number of hydrogen-bond acceptors (Lipinski definition) is 7. The standard InChI is InChI=1S/C23H29Cl2N5O4/c1-23(2,3)34-22(31)28-15(12-32-4)13-33-18-19(24)29-21(25)30-20(18)26-10-9-14-11-27-17-8-6-5-7-16(14)17/h5-8,11,15,27H,9-10,12-13H2,1-4H3,(H,28,31)(H,26,29,30)/t15-/m0/s1. The average Bonchev–Trinajstić information content (AvgIpc) is 3.15. The molecule has 1 aromatic carbocycles. The van der Waals surface area contributed by atoms with Crippen molar-refractivity contribution in [2.24, 2.45) is 0 Å². The number of ether oxygens (including phenoxy) is 3. The summed E-state index contributed by atoms with van der Waals surface area (Å²) in [5.41, 5.74) is 1.62. The van der Waals surface area contributed by atoms with E-state index in [2.05, 4.69) is 31.7 Å². The number of methoxy groups -OCH3 is 1. The number of benzene rings is 1. The van der Waals surface area contributed by atoms with Crippen LogP contribution in [0.3, 0.4) is 0 Å². The molecule has 9 nitrogen and oxygen atoms in total. The van der Waals surface area contributed by atoms with Gasteiger partial charge in [-0.3, -0.25) is 0 Å². The number of halogens is 2. The second-order valence-electron chi connectivity index (χ2n) is 8.61. The number of nitrogens with zero attached hydrogens (tertiary/aromatic N) is 2. The first-order valence-corrected chi connectivity index (χ1v) is 11.5. The molecule has 3 N–H and O–H groups in total. The third-order valence-electron chi connectivity index (χ3n) is 4.68. The summed E-state index contributed by atoms with van der Waals surface area (Å²) in [7, 11) is 1.53. The minimum Gasteiger partial charge on any atom is -0.485 e. The summed E-state index contributed by atoms with van der Waals surface area (Å²) in [4.78, 5) is 23.6. The quantitative estimate of drug-likeness (QED) is 0.265. The van der Waals surface area contributed by atoms with Crippen LogP contribution in [-0.2, 0) is 15.9 Å². The molecule has 1 atom stereocenters. The number of anilines is 1. The van der Waals surface area contributed by atoms with Crippen molar-refractivity contribution >= 4 is 46.0 Å². The van der Waals surface area contributed by atoms with Gasteiger partial charge in [-0.15, -0.1) is 0 Å². The third kappa shape index (κ3) is 7.38. The SMILES string of the molecule is COC[C@@H](COc1c(Cl)nc(Cl)nc1NCCc1c[nH]c2ccccc12)NC(=O)OC(C)(C)C. The molecule has 0 aliphatic rings. The highest BCUT2D eigenvalue weighted by Gasteiger charge is 2.22. The minimum atomic E-state index is -0.627. The summed E-state index contributed by atoms with van der Waals surface area (Å²) in [6, 6.07) is 7.60. The summed E-state index contributed by atoms with van der Waals surface area (Å²) < 4.78 is 16.4. The lowest BCUT2D eigenvalue weighted by Gasteiger charge is -2.24. The molecule has 0 spiro atoms. The number of amides is 1. The maximum Gasteiger partial charge on any atom is 0.408 e. The molecule has 3 rings (SSSR count). The summed E-state index contributed by atoms with van der Waals surface area (Å²) in [5.74, 6) is 0.593. The molecule has 0 radical (unpaired) electrons. The Hall–Kier alpha value is -2.75. The molecule has 2 heterocycles. The predicted molar refractivity (Wildman–Crippen MR) is 133 cm³/mol. The fraction of sp³-hybridized carbons (Fsp3) is 0.435. The van der Waals surface area contributed by atoms with E-state index >= 15 is 0 Å². The van der Waals surface area contributed by atoms with Gasteiger partial charge in [0.25, 0.3) is 0 Å². The van der Waals surface area contributed by atoms with Crippen molar-refractivity contribution in [2.45, 2.75) is 38.8 Å². The fourth-order valence-electron chi connectivity index (χ4n) is 3.29. The van der Waals surface area contributed by atoms with Crippen LogP contribution in [0.15, 0.2) is 30.5 Å². The number of rotatable bonds is 10. The number of carbonyl (C=O) groups excluding carboxylic acids is 1. The van der Waals surface area contributed by atoms with Gasteiger partial charge in [-0.05, 0) is 50.4 Å². The number of aromatic nitrogens is 3. The number of alkyl carbamates (subject to hydrolysis) is 1. The fourth-order valence-corrected chi connectivity index (χ4v) is 3.73. The van der Waals surface area contributed by atoms with Gasteiger partial charge in [0.2, 0.25) is 5.28 Å². The van der Waals surface area contributed by atoms with Crippen LogP contribution in [0.5, 0.6) is 5.75 Å². The number of nitrogens with one attached hydrogen (secondary N) is 3. The number of carbonyl (C=O) groups is 1. The van der Waals surface area contributed by atoms with E-state index in [9.17, 15) is 4.79 Å². The van der Waals surface area contributed by atoms with Crippen molar-refractivity contribution in [3.63, 3.8) is 0 Å². The van der Waals surface area contributed by atoms with E-state index in [1.807, 2.05) is 24.4 Å². The largest absolute Gasteiger partial charge is 0.485 e. The second-order valence-corrected chi connectivity index (χ2v) is 9.30. The molecule has 0 bridgehead atoms. The van der Waals surface area contributed by atoms with Crippen molar-refractivity contribution in [1.29, 1.82) is 0 Å². The number of fused-ring (bicyclic) bond motifs is 1. The zero-order valence-electron chi connectivity index (χ0n) is 19.6. The van der Waals surface area contributed by atoms with Crippen molar-refractivity contribution in [3.05, 3.63) is 46.5 Å². The highest BCUT2D eigenvalue weighted by molar-refractivity contribution is 6.33. The third-order valence-corrected chi connectivity index (χ3v) is 5.10. The van der Waals surface area contributed by atoms with E-state index in [1.54, 1.807) is 20.8 Å².